The third-order valence-electron chi connectivity index (χ3n) is 4.20. The molecule has 132 valence electrons. The highest BCUT2D eigenvalue weighted by Gasteiger charge is 2.12. The summed E-state index contributed by atoms with van der Waals surface area (Å²) in [6.07, 6.45) is 0. The van der Waals surface area contributed by atoms with Gasteiger partial charge in [-0.05, 0) is 55.5 Å². The Bertz CT molecular complexity index is 920. The van der Waals surface area contributed by atoms with Gasteiger partial charge in [0.05, 0.1) is 0 Å². The molecule has 0 amide bonds. The summed E-state index contributed by atoms with van der Waals surface area (Å²) in [7, 11) is 0. The molecule has 0 bridgehead atoms. The Morgan fingerprint density at radius 3 is 1.11 bits per heavy atom. The van der Waals surface area contributed by atoms with Gasteiger partial charge in [0.25, 0.3) is 0 Å². The van der Waals surface area contributed by atoms with Gasteiger partial charge in [0.1, 0.15) is 11.5 Å². The van der Waals surface area contributed by atoms with E-state index in [2.05, 4.69) is 15.0 Å². The predicted molar refractivity (Wildman–Crippen MR) is 104 cm³/mol. The average molecular weight is 355 g/mol. The van der Waals surface area contributed by atoms with Crippen LogP contribution in [0.5, 0.6) is 11.5 Å². The number of nitrogens with zero attached hydrogens (tertiary/aromatic N) is 3. The van der Waals surface area contributed by atoms with Crippen molar-refractivity contribution in [3.05, 3.63) is 78.4 Å². The molecule has 5 nitrogen and oxygen atoms in total. The fourth-order valence-electron chi connectivity index (χ4n) is 2.69. The maximum atomic E-state index is 9.54. The van der Waals surface area contributed by atoms with Crippen LogP contribution in [-0.2, 0) is 0 Å². The minimum atomic E-state index is 0.185. The largest absolute Gasteiger partial charge is 0.508 e. The van der Waals surface area contributed by atoms with Crippen LogP contribution in [0.3, 0.4) is 0 Å². The molecule has 2 N–H and O–H groups in total. The smallest absolute Gasteiger partial charge is 0.164 e. The number of aromatic nitrogens is 3. The van der Waals surface area contributed by atoms with Crippen LogP contribution in [-0.4, -0.2) is 25.2 Å². The normalized spacial score (nSPS) is 10.7. The van der Waals surface area contributed by atoms with E-state index in [1.165, 1.54) is 0 Å². The number of aryl methyl sites for hydroxylation is 1. The fourth-order valence-corrected chi connectivity index (χ4v) is 2.69. The second-order valence-corrected chi connectivity index (χ2v) is 6.27. The van der Waals surface area contributed by atoms with Crippen LogP contribution in [0.15, 0.2) is 72.8 Å². The first-order valence-electron chi connectivity index (χ1n) is 8.50. The highest BCUT2D eigenvalue weighted by molar-refractivity contribution is 5.67. The summed E-state index contributed by atoms with van der Waals surface area (Å²) in [6, 6.07) is 21.5. The summed E-state index contributed by atoms with van der Waals surface area (Å²) in [5, 5.41) is 19.1. The van der Waals surface area contributed by atoms with Gasteiger partial charge in [0.2, 0.25) is 0 Å². The first kappa shape index (κ1) is 16.7. The zero-order valence-electron chi connectivity index (χ0n) is 14.7. The molecule has 0 atom stereocenters. The molecule has 0 saturated heterocycles. The number of phenols is 2. The van der Waals surface area contributed by atoms with Gasteiger partial charge in [0.15, 0.2) is 17.5 Å². The standard InChI is InChI=1S/C22H17N3O2/c1-14-2-4-15(5-3-14)20-23-21(16-6-10-18(26)11-7-16)25-22(24-20)17-8-12-19(27)13-9-17/h2-13,26-27H,1H3. The van der Waals surface area contributed by atoms with E-state index in [0.29, 0.717) is 17.5 Å². The van der Waals surface area contributed by atoms with Crippen molar-refractivity contribution >= 4 is 0 Å². The topological polar surface area (TPSA) is 79.1 Å². The van der Waals surface area contributed by atoms with Crippen molar-refractivity contribution in [2.24, 2.45) is 0 Å². The average Bonchev–Trinajstić information content (AvgIpc) is 2.69. The van der Waals surface area contributed by atoms with Crippen LogP contribution in [0.2, 0.25) is 0 Å². The highest BCUT2D eigenvalue weighted by Crippen LogP contribution is 2.26. The SMILES string of the molecule is Cc1ccc(-c2nc(-c3ccc(O)cc3)nc(-c3ccc(O)cc3)n2)cc1. The Morgan fingerprint density at radius 2 is 0.778 bits per heavy atom. The first-order chi connectivity index (χ1) is 13.1. The Hall–Kier alpha value is -3.73. The van der Waals surface area contributed by atoms with Crippen molar-refractivity contribution in [1.82, 2.24) is 15.0 Å². The molecule has 0 radical (unpaired) electrons. The predicted octanol–water partition coefficient (Wildman–Crippen LogP) is 4.59. The number of aromatic hydroxyl groups is 2. The third kappa shape index (κ3) is 3.62. The molecular weight excluding hydrogens is 338 g/mol. The van der Waals surface area contributed by atoms with E-state index in [1.807, 2.05) is 31.2 Å². The van der Waals surface area contributed by atoms with Crippen molar-refractivity contribution < 1.29 is 10.2 Å². The summed E-state index contributed by atoms with van der Waals surface area (Å²) in [5.74, 6) is 1.97. The zero-order valence-corrected chi connectivity index (χ0v) is 14.7. The van der Waals surface area contributed by atoms with E-state index in [-0.39, 0.29) is 11.5 Å². The second-order valence-electron chi connectivity index (χ2n) is 6.27. The van der Waals surface area contributed by atoms with Gasteiger partial charge in [-0.1, -0.05) is 29.8 Å². The molecule has 4 aromatic rings. The van der Waals surface area contributed by atoms with E-state index in [1.54, 1.807) is 48.5 Å². The van der Waals surface area contributed by atoms with Crippen LogP contribution in [0.25, 0.3) is 34.2 Å². The minimum absolute atomic E-state index is 0.185. The maximum Gasteiger partial charge on any atom is 0.164 e. The molecule has 0 aliphatic carbocycles. The number of phenolic OH excluding ortho intramolecular Hbond substituents is 2. The fraction of sp³-hybridized carbons (Fsp3) is 0.0455. The quantitative estimate of drug-likeness (QED) is 0.562. The molecule has 0 fully saturated rings. The van der Waals surface area contributed by atoms with Crippen LogP contribution in [0.1, 0.15) is 5.56 Å². The molecule has 1 heterocycles. The number of rotatable bonds is 3. The highest BCUT2D eigenvalue weighted by atomic mass is 16.3. The minimum Gasteiger partial charge on any atom is -0.508 e. The Kier molecular flexibility index (Phi) is 4.26. The van der Waals surface area contributed by atoms with Crippen LogP contribution >= 0.6 is 0 Å². The molecule has 3 aromatic carbocycles. The number of hydrogen-bond donors (Lipinski definition) is 2. The second kappa shape index (κ2) is 6.88. The van der Waals surface area contributed by atoms with E-state index in [0.717, 1.165) is 22.3 Å². The van der Waals surface area contributed by atoms with E-state index in [9.17, 15) is 10.2 Å². The van der Waals surface area contributed by atoms with E-state index >= 15 is 0 Å². The summed E-state index contributed by atoms with van der Waals surface area (Å²) in [4.78, 5) is 13.8. The molecule has 0 saturated carbocycles. The zero-order chi connectivity index (χ0) is 18.8. The lowest BCUT2D eigenvalue weighted by Crippen LogP contribution is -2.00. The van der Waals surface area contributed by atoms with Gasteiger partial charge in [-0.2, -0.15) is 0 Å². The monoisotopic (exact) mass is 355 g/mol. The number of hydrogen-bond acceptors (Lipinski definition) is 5. The molecule has 5 heteroatoms. The van der Waals surface area contributed by atoms with Gasteiger partial charge < -0.3 is 10.2 Å². The lowest BCUT2D eigenvalue weighted by atomic mass is 10.1. The molecule has 27 heavy (non-hydrogen) atoms. The van der Waals surface area contributed by atoms with Crippen molar-refractivity contribution in [1.29, 1.82) is 0 Å². The molecule has 1 aromatic heterocycles. The Balaban J connectivity index is 1.89. The molecule has 0 aliphatic rings. The molecular formula is C22H17N3O2. The van der Waals surface area contributed by atoms with E-state index < -0.39 is 0 Å². The summed E-state index contributed by atoms with van der Waals surface area (Å²) >= 11 is 0. The van der Waals surface area contributed by atoms with Crippen molar-refractivity contribution in [2.75, 3.05) is 0 Å². The first-order valence-corrected chi connectivity index (χ1v) is 8.50. The van der Waals surface area contributed by atoms with Crippen LogP contribution in [0, 0.1) is 6.92 Å². The Morgan fingerprint density at radius 1 is 0.481 bits per heavy atom. The maximum absolute atomic E-state index is 9.54. The summed E-state index contributed by atoms with van der Waals surface area (Å²) in [5.41, 5.74) is 3.61. The van der Waals surface area contributed by atoms with Crippen molar-refractivity contribution in [3.8, 4) is 45.7 Å². The molecule has 0 spiro atoms. The lowest BCUT2D eigenvalue weighted by Gasteiger charge is -2.08. The van der Waals surface area contributed by atoms with Crippen LogP contribution < -0.4 is 0 Å². The Labute approximate surface area is 156 Å². The van der Waals surface area contributed by atoms with Gasteiger partial charge in [0, 0.05) is 16.7 Å². The number of benzene rings is 3. The lowest BCUT2D eigenvalue weighted by molar-refractivity contribution is 0.475. The summed E-state index contributed by atoms with van der Waals surface area (Å²) in [6.45, 7) is 2.03. The third-order valence-corrected chi connectivity index (χ3v) is 4.20. The summed E-state index contributed by atoms with van der Waals surface area (Å²) < 4.78 is 0. The van der Waals surface area contributed by atoms with Crippen molar-refractivity contribution in [3.63, 3.8) is 0 Å². The van der Waals surface area contributed by atoms with Crippen LogP contribution in [0.4, 0.5) is 0 Å². The molecule has 0 aliphatic heterocycles. The molecule has 0 unspecified atom stereocenters. The van der Waals surface area contributed by atoms with Gasteiger partial charge >= 0.3 is 0 Å². The van der Waals surface area contributed by atoms with Gasteiger partial charge in [-0.25, -0.2) is 15.0 Å². The molecule has 4 rings (SSSR count). The van der Waals surface area contributed by atoms with Crippen molar-refractivity contribution in [2.45, 2.75) is 6.92 Å². The van der Waals surface area contributed by atoms with E-state index in [4.69, 9.17) is 0 Å². The van der Waals surface area contributed by atoms with Gasteiger partial charge in [-0.15, -0.1) is 0 Å². The van der Waals surface area contributed by atoms with Gasteiger partial charge in [-0.3, -0.25) is 0 Å².